The van der Waals surface area contributed by atoms with Crippen molar-refractivity contribution in [3.8, 4) is 0 Å². The summed E-state index contributed by atoms with van der Waals surface area (Å²) < 4.78 is 26.3. The van der Waals surface area contributed by atoms with Crippen LogP contribution in [0.2, 0.25) is 0 Å². The lowest BCUT2D eigenvalue weighted by atomic mass is 10.1. The van der Waals surface area contributed by atoms with E-state index in [-0.39, 0.29) is 5.69 Å². The van der Waals surface area contributed by atoms with E-state index in [0.717, 1.165) is 12.1 Å². The Morgan fingerprint density at radius 1 is 1.33 bits per heavy atom. The summed E-state index contributed by atoms with van der Waals surface area (Å²) in [5, 5.41) is 0. The predicted molar refractivity (Wildman–Crippen MR) is 57.9 cm³/mol. The van der Waals surface area contributed by atoms with Gasteiger partial charge in [-0.2, -0.15) is 0 Å². The van der Waals surface area contributed by atoms with Gasteiger partial charge in [0.25, 0.3) is 0 Å². The number of rotatable bonds is 3. The van der Waals surface area contributed by atoms with Gasteiger partial charge in [0, 0.05) is 25.2 Å². The van der Waals surface area contributed by atoms with Crippen LogP contribution in [0.3, 0.4) is 0 Å². The number of nitrogens with zero attached hydrogens (tertiary/aromatic N) is 1. The van der Waals surface area contributed by atoms with Crippen LogP contribution >= 0.6 is 0 Å². The minimum Gasteiger partial charge on any atom is -0.370 e. The third kappa shape index (κ3) is 3.47. The van der Waals surface area contributed by atoms with Gasteiger partial charge in [0.05, 0.1) is 5.69 Å². The molecule has 0 aliphatic heterocycles. The number of hydrogen-bond donors (Lipinski definition) is 1. The maximum absolute atomic E-state index is 13.3. The highest BCUT2D eigenvalue weighted by molar-refractivity contribution is 5.47. The minimum atomic E-state index is -0.451. The van der Waals surface area contributed by atoms with E-state index in [4.69, 9.17) is 5.73 Å². The molecule has 0 saturated heterocycles. The molecule has 0 amide bonds. The first kappa shape index (κ1) is 11.9. The van der Waals surface area contributed by atoms with Crippen LogP contribution in [0.4, 0.5) is 14.5 Å². The maximum atomic E-state index is 13.3. The van der Waals surface area contributed by atoms with Crippen LogP contribution in [0.25, 0.3) is 0 Å². The van der Waals surface area contributed by atoms with Gasteiger partial charge in [0.1, 0.15) is 11.6 Å². The van der Waals surface area contributed by atoms with Gasteiger partial charge in [0.15, 0.2) is 0 Å². The summed E-state index contributed by atoms with van der Waals surface area (Å²) in [6.07, 6.45) is 0. The number of halogens is 2. The highest BCUT2D eigenvalue weighted by Crippen LogP contribution is 2.20. The van der Waals surface area contributed by atoms with Gasteiger partial charge >= 0.3 is 0 Å². The monoisotopic (exact) mass is 214 g/mol. The normalized spacial score (nSPS) is 11.6. The predicted octanol–water partition coefficient (Wildman–Crippen LogP) is 2.14. The van der Waals surface area contributed by atoms with Crippen LogP contribution in [0.5, 0.6) is 0 Å². The summed E-state index contributed by atoms with van der Waals surface area (Å²) in [6.45, 7) is 4.12. The van der Waals surface area contributed by atoms with Crippen molar-refractivity contribution in [2.75, 3.05) is 18.5 Å². The first-order valence-electron chi connectivity index (χ1n) is 4.75. The number of benzene rings is 1. The summed E-state index contributed by atoms with van der Waals surface area (Å²) in [7, 11) is 1.69. The van der Waals surface area contributed by atoms with E-state index in [0.29, 0.717) is 6.54 Å². The highest BCUT2D eigenvalue weighted by Gasteiger charge is 2.16. The molecule has 0 fully saturated rings. The first-order valence-corrected chi connectivity index (χ1v) is 4.75. The Hall–Kier alpha value is -1.16. The molecule has 15 heavy (non-hydrogen) atoms. The van der Waals surface area contributed by atoms with E-state index < -0.39 is 17.2 Å². The summed E-state index contributed by atoms with van der Waals surface area (Å²) in [4.78, 5) is 1.61. The fourth-order valence-corrected chi connectivity index (χ4v) is 1.47. The minimum absolute atomic E-state index is 0.230. The van der Waals surface area contributed by atoms with Crippen LogP contribution in [-0.2, 0) is 0 Å². The Kier molecular flexibility index (Phi) is 3.29. The smallest absolute Gasteiger partial charge is 0.146 e. The molecule has 0 heterocycles. The molecule has 1 rings (SSSR count). The molecular formula is C11H16F2N2. The summed E-state index contributed by atoms with van der Waals surface area (Å²) in [6, 6.07) is 3.38. The van der Waals surface area contributed by atoms with E-state index in [1.165, 1.54) is 6.07 Å². The topological polar surface area (TPSA) is 29.3 Å². The van der Waals surface area contributed by atoms with E-state index in [1.54, 1.807) is 11.9 Å². The molecule has 0 unspecified atom stereocenters. The van der Waals surface area contributed by atoms with Gasteiger partial charge in [-0.3, -0.25) is 0 Å². The molecule has 2 N–H and O–H groups in total. The van der Waals surface area contributed by atoms with Crippen molar-refractivity contribution >= 4 is 5.69 Å². The Morgan fingerprint density at radius 3 is 2.47 bits per heavy atom. The van der Waals surface area contributed by atoms with Gasteiger partial charge in [0.2, 0.25) is 0 Å². The van der Waals surface area contributed by atoms with Gasteiger partial charge in [-0.1, -0.05) is 0 Å². The number of anilines is 1. The van der Waals surface area contributed by atoms with Gasteiger partial charge in [-0.15, -0.1) is 0 Å². The molecule has 0 spiro atoms. The number of likely N-dealkylation sites (N-methyl/N-ethyl adjacent to an activating group) is 1. The molecule has 0 saturated carbocycles. The first-order chi connectivity index (χ1) is 6.79. The molecule has 0 bridgehead atoms. The average Bonchev–Trinajstić information content (AvgIpc) is 2.06. The molecule has 0 radical (unpaired) electrons. The number of hydrogen-bond acceptors (Lipinski definition) is 2. The lowest BCUT2D eigenvalue weighted by Crippen LogP contribution is -2.44. The summed E-state index contributed by atoms with van der Waals surface area (Å²) >= 11 is 0. The summed E-state index contributed by atoms with van der Waals surface area (Å²) in [5.74, 6) is -0.892. The zero-order chi connectivity index (χ0) is 11.6. The molecular weight excluding hydrogens is 198 g/mol. The molecule has 2 nitrogen and oxygen atoms in total. The second kappa shape index (κ2) is 4.14. The van der Waals surface area contributed by atoms with Crippen molar-refractivity contribution in [2.24, 2.45) is 5.73 Å². The fourth-order valence-electron chi connectivity index (χ4n) is 1.47. The van der Waals surface area contributed by atoms with Crippen molar-refractivity contribution in [2.45, 2.75) is 19.4 Å². The van der Waals surface area contributed by atoms with Crippen LogP contribution in [0.1, 0.15) is 13.8 Å². The zero-order valence-corrected chi connectivity index (χ0v) is 9.22. The Morgan fingerprint density at radius 2 is 1.93 bits per heavy atom. The van der Waals surface area contributed by atoms with Gasteiger partial charge in [-0.05, 0) is 26.0 Å². The van der Waals surface area contributed by atoms with Crippen LogP contribution < -0.4 is 10.6 Å². The SMILES string of the molecule is CN(CC(C)(C)N)c1cc(F)ccc1F. The quantitative estimate of drug-likeness (QED) is 0.835. The molecule has 1 aromatic rings. The number of nitrogens with two attached hydrogens (primary N) is 1. The molecule has 0 aromatic heterocycles. The molecule has 0 atom stereocenters. The lowest BCUT2D eigenvalue weighted by molar-refractivity contribution is 0.512. The highest BCUT2D eigenvalue weighted by atomic mass is 19.1. The second-order valence-corrected chi connectivity index (χ2v) is 4.44. The second-order valence-electron chi connectivity index (χ2n) is 4.44. The van der Waals surface area contributed by atoms with Crippen molar-refractivity contribution in [3.63, 3.8) is 0 Å². The Bertz CT molecular complexity index is 345. The average molecular weight is 214 g/mol. The zero-order valence-electron chi connectivity index (χ0n) is 9.22. The third-order valence-corrected chi connectivity index (χ3v) is 1.96. The standard InChI is InChI=1S/C11H16F2N2/c1-11(2,14)7-15(3)10-6-8(12)4-5-9(10)13/h4-6H,7,14H2,1-3H3. The Labute approximate surface area is 88.7 Å². The van der Waals surface area contributed by atoms with Gasteiger partial charge in [-0.25, -0.2) is 8.78 Å². The molecule has 84 valence electrons. The van der Waals surface area contributed by atoms with E-state index >= 15 is 0 Å². The maximum Gasteiger partial charge on any atom is 0.146 e. The van der Waals surface area contributed by atoms with Crippen LogP contribution in [0.15, 0.2) is 18.2 Å². The van der Waals surface area contributed by atoms with Crippen molar-refractivity contribution in [1.29, 1.82) is 0 Å². The molecule has 1 aromatic carbocycles. The van der Waals surface area contributed by atoms with Gasteiger partial charge < -0.3 is 10.6 Å². The van der Waals surface area contributed by atoms with Crippen LogP contribution in [-0.4, -0.2) is 19.1 Å². The van der Waals surface area contributed by atoms with E-state index in [2.05, 4.69) is 0 Å². The summed E-state index contributed by atoms with van der Waals surface area (Å²) in [5.41, 5.74) is 5.58. The molecule has 0 aliphatic rings. The van der Waals surface area contributed by atoms with Crippen molar-refractivity contribution < 1.29 is 8.78 Å². The van der Waals surface area contributed by atoms with E-state index in [1.807, 2.05) is 13.8 Å². The Balaban J connectivity index is 2.90. The molecule has 4 heteroatoms. The largest absolute Gasteiger partial charge is 0.370 e. The third-order valence-electron chi connectivity index (χ3n) is 1.96. The fraction of sp³-hybridized carbons (Fsp3) is 0.455. The van der Waals surface area contributed by atoms with Crippen LogP contribution in [0, 0.1) is 11.6 Å². The van der Waals surface area contributed by atoms with Crippen molar-refractivity contribution in [3.05, 3.63) is 29.8 Å². The lowest BCUT2D eigenvalue weighted by Gasteiger charge is -2.28. The molecule has 0 aliphatic carbocycles. The van der Waals surface area contributed by atoms with Crippen molar-refractivity contribution in [1.82, 2.24) is 0 Å². The van der Waals surface area contributed by atoms with E-state index in [9.17, 15) is 8.78 Å².